The number of hydrogen-bond acceptors (Lipinski definition) is 6. The lowest BCUT2D eigenvalue weighted by molar-refractivity contribution is -0.105. The summed E-state index contributed by atoms with van der Waals surface area (Å²) in [5, 5.41) is 15.0. The van der Waals surface area contributed by atoms with Crippen LogP contribution in [-0.2, 0) is 4.79 Å². The van der Waals surface area contributed by atoms with E-state index in [2.05, 4.69) is 20.6 Å². The molecule has 3 N–H and O–H groups in total. The lowest BCUT2D eigenvalue weighted by atomic mass is 10.1. The first-order valence-electron chi connectivity index (χ1n) is 7.67. The number of aromatic nitrogens is 2. The second-order valence-electron chi connectivity index (χ2n) is 5.21. The van der Waals surface area contributed by atoms with E-state index in [1.165, 1.54) is 30.5 Å². The summed E-state index contributed by atoms with van der Waals surface area (Å²) in [4.78, 5) is 29.7. The van der Waals surface area contributed by atoms with Crippen LogP contribution in [0.3, 0.4) is 0 Å². The van der Waals surface area contributed by atoms with Crippen molar-refractivity contribution < 1.29 is 23.8 Å². The number of amides is 2. The highest BCUT2D eigenvalue weighted by molar-refractivity contribution is 6.07. The smallest absolute Gasteiger partial charge is 0.311 e. The fraction of sp³-hybridized carbons (Fsp3) is 0. The summed E-state index contributed by atoms with van der Waals surface area (Å²) in [6.07, 6.45) is 0.730. The van der Waals surface area contributed by atoms with Gasteiger partial charge < -0.3 is 20.5 Å². The van der Waals surface area contributed by atoms with Crippen LogP contribution in [0.15, 0.2) is 54.7 Å². The average molecular weight is 368 g/mol. The van der Waals surface area contributed by atoms with E-state index in [4.69, 9.17) is 4.74 Å². The van der Waals surface area contributed by atoms with Crippen molar-refractivity contribution in [3.8, 4) is 17.4 Å². The maximum absolute atomic E-state index is 13.0. The van der Waals surface area contributed by atoms with Gasteiger partial charge in [0.2, 0.25) is 12.3 Å². The quantitative estimate of drug-likeness (QED) is 0.350. The topological polar surface area (TPSA) is 113 Å². The second-order valence-corrected chi connectivity index (χ2v) is 5.21. The van der Waals surface area contributed by atoms with Crippen LogP contribution in [-0.4, -0.2) is 27.4 Å². The van der Waals surface area contributed by atoms with Gasteiger partial charge in [-0.15, -0.1) is 0 Å². The lowest BCUT2D eigenvalue weighted by Gasteiger charge is -2.10. The number of anilines is 2. The SMILES string of the molecule is O=CNc1cccc(C(=O)Nc2ccc(Oc3ccnc(F)n3)cc2)c1O. The monoisotopic (exact) mass is 368 g/mol. The Hall–Kier alpha value is -4.01. The summed E-state index contributed by atoms with van der Waals surface area (Å²) in [5.74, 6) is -0.476. The zero-order valence-corrected chi connectivity index (χ0v) is 13.7. The molecule has 3 rings (SSSR count). The van der Waals surface area contributed by atoms with E-state index in [0.29, 0.717) is 17.8 Å². The minimum absolute atomic E-state index is 0.00126. The number of nitrogens with one attached hydrogen (secondary N) is 2. The number of carbonyl (C=O) groups is 2. The molecule has 3 aromatic rings. The van der Waals surface area contributed by atoms with Gasteiger partial charge in [0, 0.05) is 18.0 Å². The maximum Gasteiger partial charge on any atom is 0.311 e. The highest BCUT2D eigenvalue weighted by atomic mass is 19.1. The maximum atomic E-state index is 13.0. The van der Waals surface area contributed by atoms with Gasteiger partial charge in [-0.2, -0.15) is 9.37 Å². The highest BCUT2D eigenvalue weighted by Crippen LogP contribution is 2.28. The molecule has 8 nitrogen and oxygen atoms in total. The van der Waals surface area contributed by atoms with Crippen LogP contribution in [0.4, 0.5) is 15.8 Å². The molecule has 2 aromatic carbocycles. The number of phenols is 1. The van der Waals surface area contributed by atoms with Gasteiger partial charge >= 0.3 is 6.08 Å². The molecule has 27 heavy (non-hydrogen) atoms. The number of ether oxygens (including phenoxy) is 1. The molecule has 0 aliphatic carbocycles. The van der Waals surface area contributed by atoms with Crippen molar-refractivity contribution in [2.75, 3.05) is 10.6 Å². The van der Waals surface area contributed by atoms with Gasteiger partial charge in [0.25, 0.3) is 5.91 Å². The standard InChI is InChI=1S/C18H13FN4O4/c19-18-20-9-8-15(23-18)27-12-6-4-11(5-7-12)22-17(26)13-2-1-3-14(16(13)25)21-10-24/h1-10,25H,(H,21,24)(H,22,26). The van der Waals surface area contributed by atoms with Crippen molar-refractivity contribution in [3.63, 3.8) is 0 Å². The first-order chi connectivity index (χ1) is 13.1. The molecule has 2 amide bonds. The van der Waals surface area contributed by atoms with Gasteiger partial charge in [0.1, 0.15) is 5.75 Å². The summed E-state index contributed by atoms with van der Waals surface area (Å²) < 4.78 is 18.3. The van der Waals surface area contributed by atoms with Gasteiger partial charge in [0.05, 0.1) is 11.3 Å². The molecule has 0 aliphatic heterocycles. The zero-order valence-electron chi connectivity index (χ0n) is 13.7. The molecule has 0 aliphatic rings. The van der Waals surface area contributed by atoms with Crippen molar-refractivity contribution in [1.82, 2.24) is 9.97 Å². The minimum Gasteiger partial charge on any atom is -0.505 e. The Labute approximate surface area is 152 Å². The van der Waals surface area contributed by atoms with Gasteiger partial charge in [0.15, 0.2) is 5.75 Å². The second kappa shape index (κ2) is 7.91. The van der Waals surface area contributed by atoms with E-state index < -0.39 is 12.0 Å². The van der Waals surface area contributed by atoms with Crippen molar-refractivity contribution in [3.05, 3.63) is 66.4 Å². The Kier molecular flexibility index (Phi) is 5.22. The normalized spacial score (nSPS) is 10.1. The minimum atomic E-state index is -0.900. The van der Waals surface area contributed by atoms with E-state index in [9.17, 15) is 19.1 Å². The Morgan fingerprint density at radius 1 is 1.15 bits per heavy atom. The van der Waals surface area contributed by atoms with Crippen LogP contribution in [0.1, 0.15) is 10.4 Å². The summed E-state index contributed by atoms with van der Waals surface area (Å²) >= 11 is 0. The molecule has 0 saturated heterocycles. The molecular weight excluding hydrogens is 355 g/mol. The zero-order chi connectivity index (χ0) is 19.2. The third-order valence-electron chi connectivity index (χ3n) is 3.43. The van der Waals surface area contributed by atoms with E-state index in [1.807, 2.05) is 0 Å². The molecule has 0 radical (unpaired) electrons. The number of rotatable bonds is 6. The third kappa shape index (κ3) is 4.34. The third-order valence-corrected chi connectivity index (χ3v) is 3.43. The molecule has 0 bridgehead atoms. The summed E-state index contributed by atoms with van der Waals surface area (Å²) in [5.41, 5.74) is 0.562. The number of phenolic OH excluding ortho intramolecular Hbond substituents is 1. The van der Waals surface area contributed by atoms with E-state index >= 15 is 0 Å². The molecular formula is C18H13FN4O4. The number of aromatic hydroxyl groups is 1. The number of nitrogens with zero attached hydrogens (tertiary/aromatic N) is 2. The van der Waals surface area contributed by atoms with Crippen molar-refractivity contribution >= 4 is 23.7 Å². The first-order valence-corrected chi connectivity index (χ1v) is 7.67. The lowest BCUT2D eigenvalue weighted by Crippen LogP contribution is -2.12. The van der Waals surface area contributed by atoms with E-state index in [1.54, 1.807) is 24.3 Å². The van der Waals surface area contributed by atoms with Gasteiger partial charge in [-0.05, 0) is 36.4 Å². The molecule has 0 saturated carbocycles. The summed E-state index contributed by atoms with van der Waals surface area (Å²) in [6.45, 7) is 0. The Balaban J connectivity index is 1.70. The van der Waals surface area contributed by atoms with Crippen LogP contribution in [0.25, 0.3) is 0 Å². The molecule has 136 valence electrons. The summed E-state index contributed by atoms with van der Waals surface area (Å²) in [7, 11) is 0. The Bertz CT molecular complexity index is 979. The Morgan fingerprint density at radius 3 is 2.63 bits per heavy atom. The largest absolute Gasteiger partial charge is 0.505 e. The molecule has 1 aromatic heterocycles. The van der Waals surface area contributed by atoms with Crippen LogP contribution in [0.2, 0.25) is 0 Å². The average Bonchev–Trinajstić information content (AvgIpc) is 2.65. The van der Waals surface area contributed by atoms with Crippen molar-refractivity contribution in [2.45, 2.75) is 0 Å². The first kappa shape index (κ1) is 17.8. The van der Waals surface area contributed by atoms with E-state index in [-0.39, 0.29) is 22.9 Å². The molecule has 0 atom stereocenters. The number of para-hydroxylation sites is 1. The number of hydrogen-bond donors (Lipinski definition) is 3. The molecule has 0 unspecified atom stereocenters. The molecule has 1 heterocycles. The van der Waals surface area contributed by atoms with Gasteiger partial charge in [-0.1, -0.05) is 6.07 Å². The highest BCUT2D eigenvalue weighted by Gasteiger charge is 2.14. The van der Waals surface area contributed by atoms with Crippen molar-refractivity contribution in [2.24, 2.45) is 0 Å². The van der Waals surface area contributed by atoms with Gasteiger partial charge in [-0.3, -0.25) is 9.59 Å². The fourth-order valence-electron chi connectivity index (χ4n) is 2.21. The summed E-state index contributed by atoms with van der Waals surface area (Å²) in [6, 6.07) is 12.1. The van der Waals surface area contributed by atoms with Crippen molar-refractivity contribution in [1.29, 1.82) is 0 Å². The number of benzene rings is 2. The fourth-order valence-corrected chi connectivity index (χ4v) is 2.21. The predicted octanol–water partition coefficient (Wildman–Crippen LogP) is 2.93. The van der Waals surface area contributed by atoms with E-state index in [0.717, 1.165) is 0 Å². The molecule has 0 fully saturated rings. The predicted molar refractivity (Wildman–Crippen MR) is 94.3 cm³/mol. The van der Waals surface area contributed by atoms with Crippen LogP contribution < -0.4 is 15.4 Å². The molecule has 0 spiro atoms. The number of carbonyl (C=O) groups excluding carboxylic acids is 2. The van der Waals surface area contributed by atoms with Crippen LogP contribution in [0, 0.1) is 6.08 Å². The number of halogens is 1. The molecule has 9 heteroatoms. The van der Waals surface area contributed by atoms with Crippen LogP contribution >= 0.6 is 0 Å². The van der Waals surface area contributed by atoms with Crippen LogP contribution in [0.5, 0.6) is 17.4 Å². The van der Waals surface area contributed by atoms with Gasteiger partial charge in [-0.25, -0.2) is 4.98 Å². The Morgan fingerprint density at radius 2 is 1.93 bits per heavy atom.